The Hall–Kier alpha value is -2.34. The average molecular weight is 260 g/mol. The van der Waals surface area contributed by atoms with Crippen LogP contribution in [-0.2, 0) is 11.3 Å². The summed E-state index contributed by atoms with van der Waals surface area (Å²) >= 11 is 0. The Morgan fingerprint density at radius 3 is 2.84 bits per heavy atom. The van der Waals surface area contributed by atoms with E-state index < -0.39 is 5.82 Å². The summed E-state index contributed by atoms with van der Waals surface area (Å²) in [6.07, 6.45) is 3.07. The Kier molecular flexibility index (Phi) is 4.52. The fourth-order valence-electron chi connectivity index (χ4n) is 1.48. The molecule has 0 unspecified atom stereocenters. The molecule has 1 amide bonds. The zero-order chi connectivity index (χ0) is 13.5. The van der Waals surface area contributed by atoms with Gasteiger partial charge in [-0.2, -0.15) is 0 Å². The van der Waals surface area contributed by atoms with Gasteiger partial charge in [0, 0.05) is 12.7 Å². The molecule has 0 aliphatic heterocycles. The first-order chi connectivity index (χ1) is 9.25. The topological polar surface area (TPSA) is 66.9 Å². The van der Waals surface area contributed by atoms with Crippen molar-refractivity contribution in [1.29, 1.82) is 0 Å². The highest BCUT2D eigenvalue weighted by Gasteiger charge is 2.05. The second-order valence-corrected chi connectivity index (χ2v) is 3.83. The lowest BCUT2D eigenvalue weighted by molar-refractivity contribution is -0.115. The Balaban J connectivity index is 1.78. The van der Waals surface area contributed by atoms with Gasteiger partial charge in [0.15, 0.2) is 0 Å². The Bertz CT molecular complexity index is 547. The number of benzene rings is 1. The van der Waals surface area contributed by atoms with Crippen molar-refractivity contribution in [3.63, 3.8) is 0 Å². The number of nitrogens with zero attached hydrogens (tertiary/aromatic N) is 2. The highest BCUT2D eigenvalue weighted by Crippen LogP contribution is 2.11. The van der Waals surface area contributed by atoms with Gasteiger partial charge < -0.3 is 10.6 Å². The van der Waals surface area contributed by atoms with Crippen molar-refractivity contribution >= 4 is 11.6 Å². The molecule has 5 nitrogen and oxygen atoms in total. The van der Waals surface area contributed by atoms with E-state index in [0.29, 0.717) is 6.54 Å². The molecule has 19 heavy (non-hydrogen) atoms. The van der Waals surface area contributed by atoms with Crippen molar-refractivity contribution in [2.24, 2.45) is 0 Å². The molecule has 0 saturated heterocycles. The molecule has 6 heteroatoms. The summed E-state index contributed by atoms with van der Waals surface area (Å²) in [5.41, 5.74) is 0.963. The lowest BCUT2D eigenvalue weighted by atomic mass is 10.3. The average Bonchev–Trinajstić information content (AvgIpc) is 2.43. The number of amides is 1. The monoisotopic (exact) mass is 260 g/mol. The highest BCUT2D eigenvalue weighted by atomic mass is 19.1. The van der Waals surface area contributed by atoms with E-state index in [1.807, 2.05) is 0 Å². The summed E-state index contributed by atoms with van der Waals surface area (Å²) in [5, 5.41) is 5.40. The van der Waals surface area contributed by atoms with Gasteiger partial charge in [-0.15, -0.1) is 0 Å². The Labute approximate surface area is 109 Å². The van der Waals surface area contributed by atoms with E-state index >= 15 is 0 Å². The third kappa shape index (κ3) is 4.11. The van der Waals surface area contributed by atoms with Crippen LogP contribution in [0.4, 0.5) is 10.1 Å². The number of halogens is 1. The second-order valence-electron chi connectivity index (χ2n) is 3.83. The van der Waals surface area contributed by atoms with E-state index in [4.69, 9.17) is 0 Å². The maximum Gasteiger partial charge on any atom is 0.238 e. The predicted octanol–water partition coefficient (Wildman–Crippen LogP) is 1.34. The second kappa shape index (κ2) is 6.55. The number of hydrogen-bond acceptors (Lipinski definition) is 4. The molecule has 0 radical (unpaired) electrons. The van der Waals surface area contributed by atoms with Gasteiger partial charge in [-0.3, -0.25) is 4.79 Å². The van der Waals surface area contributed by atoms with Gasteiger partial charge in [0.1, 0.15) is 12.1 Å². The molecule has 0 bridgehead atoms. The minimum Gasteiger partial charge on any atom is -0.322 e. The Morgan fingerprint density at radius 2 is 2.11 bits per heavy atom. The first kappa shape index (κ1) is 13.1. The van der Waals surface area contributed by atoms with Crippen LogP contribution in [0.2, 0.25) is 0 Å². The number of hydrogen-bond donors (Lipinski definition) is 2. The normalized spacial score (nSPS) is 10.2. The third-order valence-electron chi connectivity index (χ3n) is 2.38. The van der Waals surface area contributed by atoms with Gasteiger partial charge in [0.25, 0.3) is 0 Å². The third-order valence-corrected chi connectivity index (χ3v) is 2.38. The van der Waals surface area contributed by atoms with Crippen molar-refractivity contribution < 1.29 is 9.18 Å². The molecule has 0 spiro atoms. The zero-order valence-electron chi connectivity index (χ0n) is 10.1. The van der Waals surface area contributed by atoms with Gasteiger partial charge in [-0.05, 0) is 18.2 Å². The first-order valence-electron chi connectivity index (χ1n) is 5.75. The van der Waals surface area contributed by atoms with Crippen LogP contribution in [0.15, 0.2) is 42.9 Å². The maximum absolute atomic E-state index is 13.3. The van der Waals surface area contributed by atoms with Crippen LogP contribution in [-0.4, -0.2) is 22.4 Å². The molecule has 0 fully saturated rings. The molecule has 0 saturated carbocycles. The van der Waals surface area contributed by atoms with Crippen LogP contribution in [0.25, 0.3) is 0 Å². The van der Waals surface area contributed by atoms with Gasteiger partial charge >= 0.3 is 0 Å². The molecular weight excluding hydrogens is 247 g/mol. The molecule has 0 aliphatic carbocycles. The van der Waals surface area contributed by atoms with Gasteiger partial charge in [-0.1, -0.05) is 12.1 Å². The van der Waals surface area contributed by atoms with Crippen LogP contribution in [0.5, 0.6) is 0 Å². The van der Waals surface area contributed by atoms with Crippen LogP contribution >= 0.6 is 0 Å². The highest BCUT2D eigenvalue weighted by molar-refractivity contribution is 5.92. The zero-order valence-corrected chi connectivity index (χ0v) is 10.1. The van der Waals surface area contributed by atoms with Crippen molar-refractivity contribution in [3.8, 4) is 0 Å². The fourth-order valence-corrected chi connectivity index (χ4v) is 1.48. The molecular formula is C13H13FN4O. The molecule has 2 aromatic rings. The molecule has 0 atom stereocenters. The van der Waals surface area contributed by atoms with E-state index in [1.54, 1.807) is 24.4 Å². The van der Waals surface area contributed by atoms with E-state index in [9.17, 15) is 9.18 Å². The summed E-state index contributed by atoms with van der Waals surface area (Å²) in [4.78, 5) is 19.4. The van der Waals surface area contributed by atoms with Crippen LogP contribution in [0.1, 0.15) is 5.69 Å². The smallest absolute Gasteiger partial charge is 0.238 e. The van der Waals surface area contributed by atoms with Crippen molar-refractivity contribution in [1.82, 2.24) is 15.3 Å². The Morgan fingerprint density at radius 1 is 1.26 bits per heavy atom. The van der Waals surface area contributed by atoms with Gasteiger partial charge in [0.05, 0.1) is 17.9 Å². The van der Waals surface area contributed by atoms with E-state index in [1.165, 1.54) is 18.5 Å². The van der Waals surface area contributed by atoms with E-state index in [-0.39, 0.29) is 18.1 Å². The fraction of sp³-hybridized carbons (Fsp3) is 0.154. The quantitative estimate of drug-likeness (QED) is 0.851. The maximum atomic E-state index is 13.3. The van der Waals surface area contributed by atoms with E-state index in [0.717, 1.165) is 5.69 Å². The number of aromatic nitrogens is 2. The number of carbonyl (C=O) groups excluding carboxylic acids is 1. The van der Waals surface area contributed by atoms with Crippen molar-refractivity contribution in [2.45, 2.75) is 6.54 Å². The number of anilines is 1. The minimum absolute atomic E-state index is 0.0817. The lowest BCUT2D eigenvalue weighted by Crippen LogP contribution is -2.28. The summed E-state index contributed by atoms with van der Waals surface area (Å²) in [5.74, 6) is -0.759. The number of nitrogens with one attached hydrogen (secondary N) is 2. The molecule has 1 heterocycles. The summed E-state index contributed by atoms with van der Waals surface area (Å²) in [7, 11) is 0. The number of rotatable bonds is 5. The number of carbonyl (C=O) groups is 1. The minimum atomic E-state index is -0.452. The van der Waals surface area contributed by atoms with Crippen molar-refractivity contribution in [2.75, 3.05) is 11.9 Å². The van der Waals surface area contributed by atoms with Gasteiger partial charge in [-0.25, -0.2) is 14.4 Å². The molecule has 2 rings (SSSR count). The van der Waals surface area contributed by atoms with Crippen LogP contribution in [0.3, 0.4) is 0 Å². The summed E-state index contributed by atoms with van der Waals surface area (Å²) in [6.45, 7) is 0.533. The summed E-state index contributed by atoms with van der Waals surface area (Å²) < 4.78 is 13.3. The van der Waals surface area contributed by atoms with Crippen molar-refractivity contribution in [3.05, 3.63) is 54.4 Å². The SMILES string of the molecule is O=C(CNCc1ccncn1)Nc1ccccc1F. The molecule has 1 aromatic carbocycles. The standard InChI is InChI=1S/C13H13FN4O/c14-11-3-1-2-4-12(11)18-13(19)8-16-7-10-5-6-15-9-17-10/h1-6,9,16H,7-8H2,(H,18,19). The van der Waals surface area contributed by atoms with Crippen LogP contribution < -0.4 is 10.6 Å². The molecule has 1 aromatic heterocycles. The summed E-state index contributed by atoms with van der Waals surface area (Å²) in [6, 6.07) is 7.79. The van der Waals surface area contributed by atoms with Gasteiger partial charge in [0.2, 0.25) is 5.91 Å². The predicted molar refractivity (Wildman–Crippen MR) is 68.8 cm³/mol. The first-order valence-corrected chi connectivity index (χ1v) is 5.75. The van der Waals surface area contributed by atoms with Crippen LogP contribution in [0, 0.1) is 5.82 Å². The lowest BCUT2D eigenvalue weighted by Gasteiger charge is -2.07. The number of para-hydroxylation sites is 1. The largest absolute Gasteiger partial charge is 0.322 e. The molecule has 98 valence electrons. The van der Waals surface area contributed by atoms with E-state index in [2.05, 4.69) is 20.6 Å². The molecule has 2 N–H and O–H groups in total. The molecule has 0 aliphatic rings.